The zero-order valence-electron chi connectivity index (χ0n) is 12.3. The fourth-order valence-corrected chi connectivity index (χ4v) is 2.92. The summed E-state index contributed by atoms with van der Waals surface area (Å²) < 4.78 is 18.5. The summed E-state index contributed by atoms with van der Waals surface area (Å²) in [4.78, 5) is 24.2. The number of halogens is 1. The van der Waals surface area contributed by atoms with Gasteiger partial charge in [0.05, 0.1) is 18.0 Å². The molecule has 0 fully saturated rings. The van der Waals surface area contributed by atoms with E-state index in [1.165, 1.54) is 6.07 Å². The Morgan fingerprint density at radius 2 is 2.05 bits per heavy atom. The molecule has 0 aliphatic heterocycles. The van der Waals surface area contributed by atoms with Gasteiger partial charge in [-0.1, -0.05) is 18.2 Å². The zero-order valence-corrected chi connectivity index (χ0v) is 13.1. The first kappa shape index (κ1) is 16.2. The fourth-order valence-electron chi connectivity index (χ4n) is 1.94. The molecule has 0 atom stereocenters. The molecule has 2 rings (SSSR count). The molecule has 1 aromatic carbocycles. The largest absolute Gasteiger partial charge is 0.462 e. The lowest BCUT2D eigenvalue weighted by Gasteiger charge is -2.03. The fraction of sp³-hybridized carbons (Fsp3) is 0.250. The molecule has 1 heterocycles. The van der Waals surface area contributed by atoms with E-state index in [0.29, 0.717) is 22.0 Å². The molecule has 2 aromatic rings. The molecule has 0 radical (unpaired) electrons. The minimum Gasteiger partial charge on any atom is -0.462 e. The van der Waals surface area contributed by atoms with Crippen LogP contribution in [-0.2, 0) is 16.0 Å². The number of thiophene rings is 1. The van der Waals surface area contributed by atoms with Gasteiger partial charge in [0, 0.05) is 0 Å². The lowest BCUT2D eigenvalue weighted by Crippen LogP contribution is -2.14. The SMILES string of the molecule is CCOC(=O)c1sc(NC(=O)Cc2ccccc2F)cc1C. The maximum Gasteiger partial charge on any atom is 0.348 e. The molecule has 0 saturated carbocycles. The van der Waals surface area contributed by atoms with E-state index in [1.54, 1.807) is 38.1 Å². The maximum atomic E-state index is 13.5. The molecule has 116 valence electrons. The number of carbonyl (C=O) groups excluding carboxylic acids is 2. The topological polar surface area (TPSA) is 55.4 Å². The zero-order chi connectivity index (χ0) is 16.1. The van der Waals surface area contributed by atoms with Gasteiger partial charge in [-0.15, -0.1) is 11.3 Å². The van der Waals surface area contributed by atoms with Crippen molar-refractivity contribution in [3.8, 4) is 0 Å². The molecule has 1 amide bonds. The highest BCUT2D eigenvalue weighted by Gasteiger charge is 2.16. The number of carbonyl (C=O) groups is 2. The summed E-state index contributed by atoms with van der Waals surface area (Å²) in [5, 5.41) is 3.22. The van der Waals surface area contributed by atoms with Crippen LogP contribution in [0.4, 0.5) is 9.39 Å². The number of ether oxygens (including phenoxy) is 1. The number of nitrogens with one attached hydrogen (secondary N) is 1. The number of amides is 1. The van der Waals surface area contributed by atoms with E-state index in [9.17, 15) is 14.0 Å². The summed E-state index contributed by atoms with van der Waals surface area (Å²) in [5.41, 5.74) is 1.07. The Hall–Kier alpha value is -2.21. The lowest BCUT2D eigenvalue weighted by atomic mass is 10.1. The van der Waals surface area contributed by atoms with E-state index in [2.05, 4.69) is 5.32 Å². The summed E-state index contributed by atoms with van der Waals surface area (Å²) in [6.45, 7) is 3.80. The maximum absolute atomic E-state index is 13.5. The number of benzene rings is 1. The van der Waals surface area contributed by atoms with Gasteiger partial charge in [0.2, 0.25) is 5.91 Å². The summed E-state index contributed by atoms with van der Waals surface area (Å²) in [6, 6.07) is 7.84. The Kier molecular flexibility index (Phi) is 5.27. The van der Waals surface area contributed by atoms with Gasteiger partial charge in [-0.25, -0.2) is 9.18 Å². The van der Waals surface area contributed by atoms with Crippen molar-refractivity contribution in [1.82, 2.24) is 0 Å². The molecule has 0 bridgehead atoms. The van der Waals surface area contributed by atoms with Gasteiger partial charge in [0.25, 0.3) is 0 Å². The van der Waals surface area contributed by atoms with Gasteiger partial charge >= 0.3 is 5.97 Å². The van der Waals surface area contributed by atoms with Crippen LogP contribution in [0.25, 0.3) is 0 Å². The molecule has 0 aliphatic rings. The van der Waals surface area contributed by atoms with Crippen molar-refractivity contribution in [1.29, 1.82) is 0 Å². The smallest absolute Gasteiger partial charge is 0.348 e. The van der Waals surface area contributed by atoms with Crippen LogP contribution in [0.3, 0.4) is 0 Å². The quantitative estimate of drug-likeness (QED) is 0.857. The van der Waals surface area contributed by atoms with Crippen molar-refractivity contribution < 1.29 is 18.7 Å². The van der Waals surface area contributed by atoms with E-state index in [4.69, 9.17) is 4.74 Å². The second kappa shape index (κ2) is 7.17. The first-order chi connectivity index (χ1) is 10.5. The summed E-state index contributed by atoms with van der Waals surface area (Å²) in [5.74, 6) is -1.14. The normalized spacial score (nSPS) is 10.3. The third-order valence-electron chi connectivity index (χ3n) is 2.95. The number of rotatable bonds is 5. The lowest BCUT2D eigenvalue weighted by molar-refractivity contribution is -0.115. The molecule has 0 spiro atoms. The van der Waals surface area contributed by atoms with Crippen molar-refractivity contribution in [2.75, 3.05) is 11.9 Å². The van der Waals surface area contributed by atoms with Gasteiger partial charge < -0.3 is 10.1 Å². The first-order valence-corrected chi connectivity index (χ1v) is 7.63. The van der Waals surface area contributed by atoms with E-state index in [1.807, 2.05) is 0 Å². The Morgan fingerprint density at radius 3 is 2.73 bits per heavy atom. The number of aryl methyl sites for hydroxylation is 1. The molecular formula is C16H16FNO3S. The number of esters is 1. The highest BCUT2D eigenvalue weighted by atomic mass is 32.1. The van der Waals surface area contributed by atoms with Crippen molar-refractivity contribution in [2.45, 2.75) is 20.3 Å². The monoisotopic (exact) mass is 321 g/mol. The molecule has 6 heteroatoms. The third kappa shape index (κ3) is 3.92. The van der Waals surface area contributed by atoms with Crippen LogP contribution >= 0.6 is 11.3 Å². The Morgan fingerprint density at radius 1 is 1.32 bits per heavy atom. The van der Waals surface area contributed by atoms with Gasteiger partial charge in [0.15, 0.2) is 0 Å². The van der Waals surface area contributed by atoms with E-state index >= 15 is 0 Å². The predicted molar refractivity (Wildman–Crippen MR) is 83.7 cm³/mol. The van der Waals surface area contributed by atoms with Gasteiger partial charge in [0.1, 0.15) is 10.7 Å². The molecule has 0 aliphatic carbocycles. The van der Waals surface area contributed by atoms with Crippen molar-refractivity contribution in [3.05, 3.63) is 52.2 Å². The Labute approximate surface area is 131 Å². The van der Waals surface area contributed by atoms with Gasteiger partial charge in [-0.05, 0) is 37.1 Å². The summed E-state index contributed by atoms with van der Waals surface area (Å²) in [7, 11) is 0. The standard InChI is InChI=1S/C16H16FNO3S/c1-3-21-16(20)15-10(2)8-14(22-15)18-13(19)9-11-6-4-5-7-12(11)17/h4-8H,3,9H2,1-2H3,(H,18,19). The average Bonchev–Trinajstić information content (AvgIpc) is 2.82. The van der Waals surface area contributed by atoms with Crippen molar-refractivity contribution >= 4 is 28.2 Å². The molecule has 0 saturated heterocycles. The number of hydrogen-bond acceptors (Lipinski definition) is 4. The molecule has 1 aromatic heterocycles. The summed E-state index contributed by atoms with van der Waals surface area (Å²) in [6.07, 6.45) is -0.0572. The van der Waals surface area contributed by atoms with E-state index in [-0.39, 0.29) is 12.3 Å². The Bertz CT molecular complexity index is 696. The van der Waals surface area contributed by atoms with Gasteiger partial charge in [-0.3, -0.25) is 4.79 Å². The second-order valence-electron chi connectivity index (χ2n) is 4.66. The van der Waals surface area contributed by atoms with Crippen molar-refractivity contribution in [2.24, 2.45) is 0 Å². The predicted octanol–water partition coefficient (Wildman–Crippen LogP) is 3.55. The van der Waals surface area contributed by atoms with E-state index < -0.39 is 11.8 Å². The summed E-state index contributed by atoms with van der Waals surface area (Å²) >= 11 is 1.15. The van der Waals surface area contributed by atoms with Crippen LogP contribution in [0, 0.1) is 12.7 Å². The van der Waals surface area contributed by atoms with Crippen molar-refractivity contribution in [3.63, 3.8) is 0 Å². The van der Waals surface area contributed by atoms with Crippen LogP contribution in [-0.4, -0.2) is 18.5 Å². The second-order valence-corrected chi connectivity index (χ2v) is 5.71. The molecule has 22 heavy (non-hydrogen) atoms. The van der Waals surface area contributed by atoms with Crippen LogP contribution < -0.4 is 5.32 Å². The first-order valence-electron chi connectivity index (χ1n) is 6.82. The van der Waals surface area contributed by atoms with Gasteiger partial charge in [-0.2, -0.15) is 0 Å². The minimum atomic E-state index is -0.410. The molecule has 0 unspecified atom stereocenters. The molecular weight excluding hydrogens is 305 g/mol. The highest BCUT2D eigenvalue weighted by Crippen LogP contribution is 2.27. The van der Waals surface area contributed by atoms with E-state index in [0.717, 1.165) is 16.9 Å². The Balaban J connectivity index is 2.05. The highest BCUT2D eigenvalue weighted by molar-refractivity contribution is 7.18. The number of anilines is 1. The van der Waals surface area contributed by atoms with Crippen LogP contribution in [0.5, 0.6) is 0 Å². The molecule has 1 N–H and O–H groups in total. The number of hydrogen-bond donors (Lipinski definition) is 1. The van der Waals surface area contributed by atoms with Crippen LogP contribution in [0.2, 0.25) is 0 Å². The minimum absolute atomic E-state index is 0.0572. The average molecular weight is 321 g/mol. The van der Waals surface area contributed by atoms with Crippen LogP contribution in [0.1, 0.15) is 27.7 Å². The van der Waals surface area contributed by atoms with Crippen LogP contribution in [0.15, 0.2) is 30.3 Å². The third-order valence-corrected chi connectivity index (χ3v) is 4.08. The molecule has 4 nitrogen and oxygen atoms in total.